The van der Waals surface area contributed by atoms with Gasteiger partial charge in [-0.05, 0) is 27.4 Å². The summed E-state index contributed by atoms with van der Waals surface area (Å²) >= 11 is 0. The summed E-state index contributed by atoms with van der Waals surface area (Å²) in [4.78, 5) is 10.9. The van der Waals surface area contributed by atoms with Crippen LogP contribution in [0.3, 0.4) is 0 Å². The Hall–Kier alpha value is -1.60. The lowest BCUT2D eigenvalue weighted by atomic mass is 10.1. The van der Waals surface area contributed by atoms with Gasteiger partial charge in [0.25, 0.3) is 6.23 Å². The number of hydrogen-bond donors (Lipinski definition) is 0. The zero-order chi connectivity index (χ0) is 17.2. The molecule has 1 aliphatic rings. The molecule has 1 unspecified atom stereocenters. The highest BCUT2D eigenvalue weighted by Crippen LogP contribution is 2.31. The molecule has 0 radical (unpaired) electrons. The summed E-state index contributed by atoms with van der Waals surface area (Å²) in [6.45, 7) is 7.12. The summed E-state index contributed by atoms with van der Waals surface area (Å²) in [7, 11) is 1.91. The molecule has 1 aromatic rings. The summed E-state index contributed by atoms with van der Waals surface area (Å²) in [5.74, 6) is 0.226. The molecule has 0 saturated heterocycles. The monoisotopic (exact) mass is 329 g/mol. The molecular weight excluding hydrogens is 307 g/mol. The smallest absolute Gasteiger partial charge is 0.305 e. The van der Waals surface area contributed by atoms with Crippen molar-refractivity contribution in [2.45, 2.75) is 39.2 Å². The van der Waals surface area contributed by atoms with Gasteiger partial charge in [0.1, 0.15) is 0 Å². The van der Waals surface area contributed by atoms with E-state index < -0.39 is 12.4 Å². The van der Waals surface area contributed by atoms with E-state index in [9.17, 15) is 13.2 Å². The molecule has 0 N–H and O–H groups in total. The second-order valence-corrected chi connectivity index (χ2v) is 5.85. The van der Waals surface area contributed by atoms with Gasteiger partial charge in [-0.25, -0.2) is 14.9 Å². The molecule has 128 valence electrons. The van der Waals surface area contributed by atoms with Crippen LogP contribution in [0.15, 0.2) is 29.3 Å². The van der Waals surface area contributed by atoms with Crippen LogP contribution in [0.4, 0.5) is 13.2 Å². The Morgan fingerprint density at radius 2 is 1.91 bits per heavy atom. The molecule has 4 nitrogen and oxygen atoms in total. The lowest BCUT2D eigenvalue weighted by molar-refractivity contribution is -0.268. The van der Waals surface area contributed by atoms with Crippen molar-refractivity contribution in [2.24, 2.45) is 4.99 Å². The van der Waals surface area contributed by atoms with Gasteiger partial charge >= 0.3 is 6.18 Å². The second kappa shape index (κ2) is 6.88. The Kier molecular flexibility index (Phi) is 5.31. The number of nitrogens with zero attached hydrogens (tertiary/aromatic N) is 3. The normalized spacial score (nSPS) is 20.1. The van der Waals surface area contributed by atoms with Gasteiger partial charge in [0.05, 0.1) is 6.04 Å². The third-order valence-electron chi connectivity index (χ3n) is 3.77. The van der Waals surface area contributed by atoms with E-state index in [-0.39, 0.29) is 11.9 Å². The van der Waals surface area contributed by atoms with Crippen LogP contribution in [-0.4, -0.2) is 54.4 Å². The van der Waals surface area contributed by atoms with E-state index in [1.54, 1.807) is 12.1 Å². The minimum Gasteiger partial charge on any atom is -0.305 e. The Bertz CT molecular complexity index is 557. The molecule has 2 atom stereocenters. The van der Waals surface area contributed by atoms with E-state index >= 15 is 0 Å². The van der Waals surface area contributed by atoms with Crippen LogP contribution in [0.5, 0.6) is 0 Å². The van der Waals surface area contributed by atoms with E-state index in [1.165, 1.54) is 5.06 Å². The molecule has 0 spiro atoms. The van der Waals surface area contributed by atoms with Crippen LogP contribution in [-0.2, 0) is 4.84 Å². The van der Waals surface area contributed by atoms with Crippen LogP contribution >= 0.6 is 0 Å². The second-order valence-electron chi connectivity index (χ2n) is 5.85. The highest BCUT2D eigenvalue weighted by Gasteiger charge is 2.48. The van der Waals surface area contributed by atoms with Crippen molar-refractivity contribution in [3.8, 4) is 0 Å². The van der Waals surface area contributed by atoms with Crippen molar-refractivity contribution in [3.05, 3.63) is 35.4 Å². The fraction of sp³-hybridized carbons (Fsp3) is 0.562. The molecule has 0 aromatic heterocycles. The van der Waals surface area contributed by atoms with Crippen molar-refractivity contribution in [1.82, 2.24) is 9.96 Å². The number of aryl methyl sites for hydroxylation is 1. The maximum atomic E-state index is 13.0. The average Bonchev–Trinajstić information content (AvgIpc) is 2.93. The molecule has 1 heterocycles. The fourth-order valence-corrected chi connectivity index (χ4v) is 2.35. The van der Waals surface area contributed by atoms with Crippen LogP contribution in [0.25, 0.3) is 0 Å². The van der Waals surface area contributed by atoms with E-state index in [0.717, 1.165) is 12.1 Å². The summed E-state index contributed by atoms with van der Waals surface area (Å²) in [6.07, 6.45) is -6.67. The number of amidine groups is 1. The standard InChI is InChI=1S/C16H22F3N3O/c1-5-21(4)10-12(3)22-14(13-8-6-11(2)7-9-13)20-15(23-22)16(17,18)19/h6-9,12,15H,5,10H2,1-4H3/t12?,15-/m1/s1. The first-order valence-corrected chi connectivity index (χ1v) is 7.58. The quantitative estimate of drug-likeness (QED) is 0.830. The maximum absolute atomic E-state index is 13.0. The van der Waals surface area contributed by atoms with Crippen LogP contribution in [0, 0.1) is 6.92 Å². The predicted octanol–water partition coefficient (Wildman–Crippen LogP) is 3.22. The van der Waals surface area contributed by atoms with E-state index in [0.29, 0.717) is 12.1 Å². The SMILES string of the molecule is CCN(C)CC(C)N1O[C@H](C(F)(F)F)N=C1c1ccc(C)cc1. The van der Waals surface area contributed by atoms with Crippen molar-refractivity contribution in [2.75, 3.05) is 20.1 Å². The summed E-state index contributed by atoms with van der Waals surface area (Å²) in [6, 6.07) is 6.96. The summed E-state index contributed by atoms with van der Waals surface area (Å²) in [5, 5.41) is 1.29. The zero-order valence-corrected chi connectivity index (χ0v) is 13.8. The molecule has 7 heteroatoms. The Balaban J connectivity index is 2.29. The van der Waals surface area contributed by atoms with Gasteiger partial charge in [-0.15, -0.1) is 0 Å². The first kappa shape index (κ1) is 17.7. The molecule has 1 aromatic carbocycles. The molecule has 0 bridgehead atoms. The number of rotatable bonds is 5. The van der Waals surface area contributed by atoms with Crippen molar-refractivity contribution < 1.29 is 18.0 Å². The van der Waals surface area contributed by atoms with E-state index in [2.05, 4.69) is 4.99 Å². The molecule has 0 aliphatic carbocycles. The predicted molar refractivity (Wildman–Crippen MR) is 83.1 cm³/mol. The van der Waals surface area contributed by atoms with E-state index in [1.807, 2.05) is 44.9 Å². The lowest BCUT2D eigenvalue weighted by Gasteiger charge is -2.30. The fourth-order valence-electron chi connectivity index (χ4n) is 2.35. The van der Waals surface area contributed by atoms with Gasteiger partial charge in [0.2, 0.25) is 0 Å². The third kappa shape index (κ3) is 4.23. The van der Waals surface area contributed by atoms with Crippen LogP contribution in [0.1, 0.15) is 25.0 Å². The topological polar surface area (TPSA) is 28.1 Å². The lowest BCUT2D eigenvalue weighted by Crippen LogP contribution is -2.44. The minimum absolute atomic E-state index is 0.226. The Morgan fingerprint density at radius 3 is 2.43 bits per heavy atom. The van der Waals surface area contributed by atoms with Crippen LogP contribution in [0.2, 0.25) is 0 Å². The highest BCUT2D eigenvalue weighted by molar-refractivity contribution is 5.99. The Morgan fingerprint density at radius 1 is 1.30 bits per heavy atom. The van der Waals surface area contributed by atoms with Gasteiger partial charge in [0.15, 0.2) is 5.84 Å². The first-order valence-electron chi connectivity index (χ1n) is 7.58. The summed E-state index contributed by atoms with van der Waals surface area (Å²) < 4.78 is 39.0. The number of hydrogen-bond acceptors (Lipinski definition) is 4. The van der Waals surface area contributed by atoms with E-state index in [4.69, 9.17) is 4.84 Å². The number of likely N-dealkylation sites (N-methyl/N-ethyl adjacent to an activating group) is 1. The number of aliphatic imine (C=N–C) groups is 1. The van der Waals surface area contributed by atoms with Gasteiger partial charge in [-0.2, -0.15) is 13.2 Å². The summed E-state index contributed by atoms with van der Waals surface area (Å²) in [5.41, 5.74) is 1.65. The molecule has 0 fully saturated rings. The number of hydroxylamine groups is 2. The van der Waals surface area contributed by atoms with Crippen molar-refractivity contribution in [3.63, 3.8) is 0 Å². The molecular formula is C16H22F3N3O. The molecule has 1 aliphatic heterocycles. The van der Waals surface area contributed by atoms with Gasteiger partial charge < -0.3 is 4.90 Å². The van der Waals surface area contributed by atoms with Gasteiger partial charge in [-0.3, -0.25) is 0 Å². The maximum Gasteiger partial charge on any atom is 0.437 e. The molecule has 23 heavy (non-hydrogen) atoms. The van der Waals surface area contributed by atoms with Gasteiger partial charge in [-0.1, -0.05) is 36.8 Å². The zero-order valence-electron chi connectivity index (χ0n) is 13.8. The number of halogens is 3. The first-order chi connectivity index (χ1) is 10.7. The van der Waals surface area contributed by atoms with Crippen molar-refractivity contribution in [1.29, 1.82) is 0 Å². The van der Waals surface area contributed by atoms with Gasteiger partial charge in [0, 0.05) is 12.1 Å². The third-order valence-corrected chi connectivity index (χ3v) is 3.77. The Labute approximate surface area is 134 Å². The highest BCUT2D eigenvalue weighted by atomic mass is 19.4. The van der Waals surface area contributed by atoms with Crippen LogP contribution < -0.4 is 0 Å². The largest absolute Gasteiger partial charge is 0.437 e. The molecule has 0 amide bonds. The molecule has 2 rings (SSSR count). The number of benzene rings is 1. The number of alkyl halides is 3. The average molecular weight is 329 g/mol. The minimum atomic E-state index is -4.53. The molecule has 0 saturated carbocycles. The van der Waals surface area contributed by atoms with Crippen molar-refractivity contribution >= 4 is 5.84 Å².